The van der Waals surface area contributed by atoms with Crippen LogP contribution in [-0.2, 0) is 4.79 Å². The molecule has 1 aliphatic heterocycles. The van der Waals surface area contributed by atoms with Crippen molar-refractivity contribution in [1.82, 2.24) is 15.1 Å². The van der Waals surface area contributed by atoms with Crippen molar-refractivity contribution in [2.45, 2.75) is 53.0 Å². The summed E-state index contributed by atoms with van der Waals surface area (Å²) in [7, 11) is 0. The Morgan fingerprint density at radius 1 is 1.20 bits per heavy atom. The Morgan fingerprint density at radius 2 is 1.80 bits per heavy atom. The molecule has 1 aliphatic rings. The quantitative estimate of drug-likeness (QED) is 0.739. The monoisotopic (exact) mass is 283 g/mol. The normalized spacial score (nSPS) is 16.4. The van der Waals surface area contributed by atoms with Crippen LogP contribution in [0.5, 0.6) is 0 Å². The Hall–Kier alpha value is -0.610. The molecule has 0 atom stereocenters. The molecule has 1 amide bonds. The van der Waals surface area contributed by atoms with E-state index in [-0.39, 0.29) is 0 Å². The molecule has 118 valence electrons. The topological polar surface area (TPSA) is 35.6 Å². The van der Waals surface area contributed by atoms with Gasteiger partial charge in [-0.1, -0.05) is 27.7 Å². The molecule has 0 aliphatic carbocycles. The van der Waals surface area contributed by atoms with Gasteiger partial charge in [-0.05, 0) is 18.8 Å². The zero-order chi connectivity index (χ0) is 15.0. The highest BCUT2D eigenvalue weighted by Gasteiger charge is 2.20. The van der Waals surface area contributed by atoms with Crippen LogP contribution in [0, 0.1) is 5.92 Å². The zero-order valence-corrected chi connectivity index (χ0v) is 13.8. The predicted molar refractivity (Wildman–Crippen MR) is 84.8 cm³/mol. The van der Waals surface area contributed by atoms with E-state index in [4.69, 9.17) is 0 Å². The zero-order valence-electron chi connectivity index (χ0n) is 13.8. The molecule has 0 saturated carbocycles. The molecular weight excluding hydrogens is 250 g/mol. The number of piperazine rings is 1. The van der Waals surface area contributed by atoms with Crippen molar-refractivity contribution < 1.29 is 4.79 Å². The van der Waals surface area contributed by atoms with Crippen molar-refractivity contribution >= 4 is 5.91 Å². The molecular formula is C16H33N3O. The highest BCUT2D eigenvalue weighted by atomic mass is 16.2. The van der Waals surface area contributed by atoms with Gasteiger partial charge < -0.3 is 10.2 Å². The first kappa shape index (κ1) is 17.4. The molecule has 0 aromatic carbocycles. The van der Waals surface area contributed by atoms with Crippen molar-refractivity contribution in [3.05, 3.63) is 0 Å². The summed E-state index contributed by atoms with van der Waals surface area (Å²) in [6.45, 7) is 14.6. The Bertz CT molecular complexity index is 271. The van der Waals surface area contributed by atoms with Crippen molar-refractivity contribution in [3.63, 3.8) is 0 Å². The van der Waals surface area contributed by atoms with Crippen LogP contribution >= 0.6 is 0 Å². The van der Waals surface area contributed by atoms with Gasteiger partial charge in [0.2, 0.25) is 5.91 Å². The largest absolute Gasteiger partial charge is 0.340 e. The first-order chi connectivity index (χ1) is 9.58. The van der Waals surface area contributed by atoms with Crippen LogP contribution in [0.15, 0.2) is 0 Å². The summed E-state index contributed by atoms with van der Waals surface area (Å²) in [5.41, 5.74) is 0. The molecule has 20 heavy (non-hydrogen) atoms. The number of carbonyl (C=O) groups excluding carboxylic acids is 1. The highest BCUT2D eigenvalue weighted by Crippen LogP contribution is 2.12. The average molecular weight is 283 g/mol. The molecule has 0 radical (unpaired) electrons. The van der Waals surface area contributed by atoms with Gasteiger partial charge >= 0.3 is 0 Å². The first-order valence-electron chi connectivity index (χ1n) is 8.31. The lowest BCUT2D eigenvalue weighted by Crippen LogP contribution is -2.47. The van der Waals surface area contributed by atoms with Gasteiger partial charge in [-0.15, -0.1) is 0 Å². The highest BCUT2D eigenvalue weighted by molar-refractivity contribution is 5.76. The third kappa shape index (κ3) is 5.80. The second-order valence-corrected chi connectivity index (χ2v) is 6.24. The second-order valence-electron chi connectivity index (χ2n) is 6.24. The first-order valence-corrected chi connectivity index (χ1v) is 8.31. The lowest BCUT2D eigenvalue weighted by atomic mass is 10.1. The number of nitrogens with zero attached hydrogens (tertiary/aromatic N) is 2. The van der Waals surface area contributed by atoms with Gasteiger partial charge in [0, 0.05) is 51.7 Å². The van der Waals surface area contributed by atoms with E-state index < -0.39 is 0 Å². The van der Waals surface area contributed by atoms with Crippen LogP contribution in [0.2, 0.25) is 0 Å². The molecule has 1 N–H and O–H groups in total. The summed E-state index contributed by atoms with van der Waals surface area (Å²) in [5.74, 6) is 0.983. The summed E-state index contributed by atoms with van der Waals surface area (Å²) in [6, 6.07) is 0.619. The minimum absolute atomic E-state index is 0.325. The molecule has 4 nitrogen and oxygen atoms in total. The van der Waals surface area contributed by atoms with Crippen molar-refractivity contribution in [2.24, 2.45) is 5.92 Å². The third-order valence-corrected chi connectivity index (χ3v) is 4.14. The van der Waals surface area contributed by atoms with E-state index >= 15 is 0 Å². The van der Waals surface area contributed by atoms with Gasteiger partial charge in [-0.3, -0.25) is 9.69 Å². The molecule has 1 saturated heterocycles. The summed E-state index contributed by atoms with van der Waals surface area (Å²) in [5, 5.41) is 3.29. The Balaban J connectivity index is 2.45. The maximum atomic E-state index is 12.3. The Kier molecular flexibility index (Phi) is 8.15. The van der Waals surface area contributed by atoms with E-state index in [0.717, 1.165) is 39.3 Å². The molecule has 1 heterocycles. The summed E-state index contributed by atoms with van der Waals surface area (Å²) in [4.78, 5) is 16.8. The fourth-order valence-corrected chi connectivity index (χ4v) is 3.01. The van der Waals surface area contributed by atoms with Crippen molar-refractivity contribution in [1.29, 1.82) is 0 Å². The second kappa shape index (κ2) is 9.35. The van der Waals surface area contributed by atoms with Gasteiger partial charge in [0.05, 0.1) is 0 Å². The summed E-state index contributed by atoms with van der Waals surface area (Å²) in [6.07, 6.45) is 3.01. The standard InChI is InChI=1S/C16H33N3O/c1-5-15(6-2)19(13-14(3)4)10-7-16(20)18-11-8-17-9-12-18/h14-15,17H,5-13H2,1-4H3. The fourth-order valence-electron chi connectivity index (χ4n) is 3.01. The molecule has 0 aromatic rings. The molecule has 4 heteroatoms. The van der Waals surface area contributed by atoms with Crippen LogP contribution in [0.1, 0.15) is 47.0 Å². The SMILES string of the molecule is CCC(CC)N(CCC(=O)N1CCNCC1)CC(C)C. The summed E-state index contributed by atoms with van der Waals surface area (Å²) < 4.78 is 0. The van der Waals surface area contributed by atoms with Crippen LogP contribution < -0.4 is 5.32 Å². The van der Waals surface area contributed by atoms with Crippen LogP contribution in [0.25, 0.3) is 0 Å². The fraction of sp³-hybridized carbons (Fsp3) is 0.938. The van der Waals surface area contributed by atoms with Crippen LogP contribution in [-0.4, -0.2) is 61.0 Å². The van der Waals surface area contributed by atoms with Gasteiger partial charge in [-0.2, -0.15) is 0 Å². The molecule has 1 rings (SSSR count). The molecule has 1 fully saturated rings. The molecule has 0 aromatic heterocycles. The van der Waals surface area contributed by atoms with E-state index in [9.17, 15) is 4.79 Å². The minimum Gasteiger partial charge on any atom is -0.340 e. The van der Waals surface area contributed by atoms with Crippen molar-refractivity contribution in [2.75, 3.05) is 39.3 Å². The number of rotatable bonds is 8. The lowest BCUT2D eigenvalue weighted by Gasteiger charge is -2.33. The van der Waals surface area contributed by atoms with Gasteiger partial charge in [0.15, 0.2) is 0 Å². The Labute approximate surface area is 124 Å². The van der Waals surface area contributed by atoms with Gasteiger partial charge in [-0.25, -0.2) is 0 Å². The maximum absolute atomic E-state index is 12.3. The van der Waals surface area contributed by atoms with E-state index in [1.807, 2.05) is 4.90 Å². The number of amides is 1. The third-order valence-electron chi connectivity index (χ3n) is 4.14. The van der Waals surface area contributed by atoms with Gasteiger partial charge in [0.25, 0.3) is 0 Å². The van der Waals surface area contributed by atoms with Crippen LogP contribution in [0.4, 0.5) is 0 Å². The lowest BCUT2D eigenvalue weighted by molar-refractivity contribution is -0.132. The van der Waals surface area contributed by atoms with E-state index in [1.54, 1.807) is 0 Å². The predicted octanol–water partition coefficient (Wildman–Crippen LogP) is 1.95. The van der Waals surface area contributed by atoms with Gasteiger partial charge in [0.1, 0.15) is 0 Å². The number of hydrogen-bond acceptors (Lipinski definition) is 3. The van der Waals surface area contributed by atoms with Crippen LogP contribution in [0.3, 0.4) is 0 Å². The molecule has 0 unspecified atom stereocenters. The van der Waals surface area contributed by atoms with E-state index in [1.165, 1.54) is 12.8 Å². The van der Waals surface area contributed by atoms with E-state index in [2.05, 4.69) is 37.9 Å². The smallest absolute Gasteiger partial charge is 0.223 e. The Morgan fingerprint density at radius 3 is 2.30 bits per heavy atom. The molecule has 0 spiro atoms. The van der Waals surface area contributed by atoms with Crippen molar-refractivity contribution in [3.8, 4) is 0 Å². The number of hydrogen-bond donors (Lipinski definition) is 1. The van der Waals surface area contributed by atoms with E-state index in [0.29, 0.717) is 24.3 Å². The average Bonchev–Trinajstić information content (AvgIpc) is 2.45. The maximum Gasteiger partial charge on any atom is 0.223 e. The molecule has 0 bridgehead atoms. The summed E-state index contributed by atoms with van der Waals surface area (Å²) >= 11 is 0. The number of nitrogens with one attached hydrogen (secondary N) is 1. The number of carbonyl (C=O) groups is 1. The minimum atomic E-state index is 0.325.